The van der Waals surface area contributed by atoms with Crippen LogP contribution in [0.3, 0.4) is 0 Å². The highest BCUT2D eigenvalue weighted by molar-refractivity contribution is 5.92. The maximum absolute atomic E-state index is 12.0. The van der Waals surface area contributed by atoms with Gasteiger partial charge >= 0.3 is 0 Å². The zero-order valence-electron chi connectivity index (χ0n) is 19.8. The molecule has 0 heterocycles. The molecule has 30 heavy (non-hydrogen) atoms. The second-order valence-corrected chi connectivity index (χ2v) is 11.5. The Labute approximate surface area is 183 Å². The molecule has 4 aliphatic rings. The largest absolute Gasteiger partial charge is 0.386 e. The van der Waals surface area contributed by atoms with Gasteiger partial charge in [0.25, 0.3) is 0 Å². The van der Waals surface area contributed by atoms with Crippen LogP contribution >= 0.6 is 0 Å². The Morgan fingerprint density at radius 2 is 1.83 bits per heavy atom. The molecule has 164 valence electrons. The lowest BCUT2D eigenvalue weighted by Crippen LogP contribution is -2.41. The molecule has 0 aliphatic heterocycles. The van der Waals surface area contributed by atoms with Gasteiger partial charge in [-0.1, -0.05) is 64.5 Å². The Kier molecular flexibility index (Phi) is 5.33. The van der Waals surface area contributed by atoms with Crippen LogP contribution in [0.5, 0.6) is 0 Å². The summed E-state index contributed by atoms with van der Waals surface area (Å²) in [6, 6.07) is 0. The molecule has 0 saturated heterocycles. The molecule has 0 amide bonds. The van der Waals surface area contributed by atoms with Gasteiger partial charge in [-0.15, -0.1) is 0 Å². The van der Waals surface area contributed by atoms with Crippen LogP contribution in [0.15, 0.2) is 47.1 Å². The van der Waals surface area contributed by atoms with Crippen LogP contribution in [0, 0.1) is 34.5 Å². The summed E-state index contributed by atoms with van der Waals surface area (Å²) in [5.41, 5.74) is 4.18. The summed E-state index contributed by atoms with van der Waals surface area (Å²) in [5, 5.41) is 10.7. The molecule has 2 nitrogen and oxygen atoms in total. The van der Waals surface area contributed by atoms with E-state index in [-0.39, 0.29) is 16.7 Å². The summed E-state index contributed by atoms with van der Waals surface area (Å²) in [7, 11) is 0. The van der Waals surface area contributed by atoms with E-state index >= 15 is 0 Å². The molecular weight excluding hydrogens is 368 g/mol. The van der Waals surface area contributed by atoms with E-state index in [1.165, 1.54) is 31.3 Å². The SMILES string of the molecule is CC(C)[C@](C)(O)C=C[C@@H](C)[C@H]1CCC2=C3C=CC4=CC(=O)CC[C@]4(C)[C@H]3CC[C@@]21C. The van der Waals surface area contributed by atoms with Crippen molar-refractivity contribution in [3.05, 3.63) is 47.1 Å². The monoisotopic (exact) mass is 408 g/mol. The predicted octanol–water partition coefficient (Wildman–Crippen LogP) is 6.57. The Balaban J connectivity index is 1.65. The van der Waals surface area contributed by atoms with Crippen molar-refractivity contribution in [2.75, 3.05) is 0 Å². The molecule has 0 unspecified atom stereocenters. The average Bonchev–Trinajstić information content (AvgIpc) is 3.04. The van der Waals surface area contributed by atoms with Crippen LogP contribution in [0.2, 0.25) is 0 Å². The van der Waals surface area contributed by atoms with Crippen molar-refractivity contribution in [2.24, 2.45) is 34.5 Å². The zero-order chi connectivity index (χ0) is 21.9. The minimum atomic E-state index is -0.741. The van der Waals surface area contributed by atoms with Crippen LogP contribution in [-0.2, 0) is 4.79 Å². The van der Waals surface area contributed by atoms with Gasteiger partial charge in [0.2, 0.25) is 0 Å². The molecule has 0 spiro atoms. The first kappa shape index (κ1) is 21.8. The van der Waals surface area contributed by atoms with Gasteiger partial charge in [-0.25, -0.2) is 0 Å². The van der Waals surface area contributed by atoms with Gasteiger partial charge in [-0.2, -0.15) is 0 Å². The highest BCUT2D eigenvalue weighted by Gasteiger charge is 2.53. The molecule has 6 atom stereocenters. The fraction of sp³-hybridized carbons (Fsp3) is 0.679. The van der Waals surface area contributed by atoms with E-state index in [0.717, 1.165) is 6.42 Å². The van der Waals surface area contributed by atoms with Gasteiger partial charge < -0.3 is 5.11 Å². The highest BCUT2D eigenvalue weighted by atomic mass is 16.3. The number of fused-ring (bicyclic) bond motifs is 4. The topological polar surface area (TPSA) is 37.3 Å². The summed E-state index contributed by atoms with van der Waals surface area (Å²) >= 11 is 0. The Morgan fingerprint density at radius 1 is 1.10 bits per heavy atom. The number of carbonyl (C=O) groups excluding carboxylic acids is 1. The van der Waals surface area contributed by atoms with Crippen molar-refractivity contribution in [3.8, 4) is 0 Å². The van der Waals surface area contributed by atoms with Crippen LogP contribution in [0.4, 0.5) is 0 Å². The third-order valence-corrected chi connectivity index (χ3v) is 9.51. The quantitative estimate of drug-likeness (QED) is 0.534. The van der Waals surface area contributed by atoms with Gasteiger partial charge in [0, 0.05) is 6.42 Å². The fourth-order valence-corrected chi connectivity index (χ4v) is 6.87. The van der Waals surface area contributed by atoms with E-state index in [2.05, 4.69) is 52.8 Å². The normalized spacial score (nSPS) is 38.9. The van der Waals surface area contributed by atoms with Crippen LogP contribution in [0.1, 0.15) is 80.1 Å². The third-order valence-electron chi connectivity index (χ3n) is 9.51. The van der Waals surface area contributed by atoms with E-state index in [0.29, 0.717) is 30.0 Å². The molecule has 4 rings (SSSR count). The Morgan fingerprint density at radius 3 is 2.53 bits per heavy atom. The number of aliphatic hydroxyl groups is 1. The van der Waals surface area contributed by atoms with Crippen molar-refractivity contribution >= 4 is 5.78 Å². The van der Waals surface area contributed by atoms with Gasteiger partial charge in [0.15, 0.2) is 5.78 Å². The summed E-state index contributed by atoms with van der Waals surface area (Å²) in [4.78, 5) is 12.0. The molecule has 1 saturated carbocycles. The maximum Gasteiger partial charge on any atom is 0.156 e. The number of hydrogen-bond acceptors (Lipinski definition) is 2. The lowest BCUT2D eigenvalue weighted by Gasteiger charge is -2.51. The van der Waals surface area contributed by atoms with E-state index in [4.69, 9.17) is 0 Å². The molecule has 0 aromatic heterocycles. The van der Waals surface area contributed by atoms with Crippen LogP contribution in [0.25, 0.3) is 0 Å². The van der Waals surface area contributed by atoms with Crippen molar-refractivity contribution in [2.45, 2.75) is 85.7 Å². The lowest BCUT2D eigenvalue weighted by atomic mass is 9.53. The predicted molar refractivity (Wildman–Crippen MR) is 124 cm³/mol. The van der Waals surface area contributed by atoms with E-state index in [9.17, 15) is 9.90 Å². The molecule has 0 aromatic rings. The summed E-state index contributed by atoms with van der Waals surface area (Å²) in [6.07, 6.45) is 17.4. The third kappa shape index (κ3) is 3.30. The van der Waals surface area contributed by atoms with Crippen molar-refractivity contribution in [1.82, 2.24) is 0 Å². The van der Waals surface area contributed by atoms with E-state index in [1.807, 2.05) is 19.1 Å². The Hall–Kier alpha value is -1.41. The lowest BCUT2D eigenvalue weighted by molar-refractivity contribution is -0.116. The minimum Gasteiger partial charge on any atom is -0.386 e. The minimum absolute atomic E-state index is 0.131. The number of hydrogen-bond donors (Lipinski definition) is 1. The van der Waals surface area contributed by atoms with Gasteiger partial charge in [0.05, 0.1) is 5.60 Å². The van der Waals surface area contributed by atoms with Crippen LogP contribution in [-0.4, -0.2) is 16.5 Å². The number of allylic oxidation sites excluding steroid dienone is 7. The molecule has 4 aliphatic carbocycles. The molecule has 1 N–H and O–H groups in total. The summed E-state index contributed by atoms with van der Waals surface area (Å²) in [6.45, 7) is 13.3. The molecule has 0 bridgehead atoms. The van der Waals surface area contributed by atoms with Crippen molar-refractivity contribution < 1.29 is 9.90 Å². The standard InChI is InChI=1S/C28H40O2/c1-18(2)28(6,30)16-11-19(3)23-9-10-24-22-8-7-20-17-21(29)12-14-26(20,4)25(22)13-15-27(23,24)5/h7-8,11,16-19,23,25,30H,9-10,12-15H2,1-6H3/t19-,23-,25+,26+,27-,28-/m1/s1. The van der Waals surface area contributed by atoms with Gasteiger partial charge in [0.1, 0.15) is 0 Å². The van der Waals surface area contributed by atoms with E-state index in [1.54, 1.807) is 11.1 Å². The van der Waals surface area contributed by atoms with Gasteiger partial charge in [-0.3, -0.25) is 4.79 Å². The van der Waals surface area contributed by atoms with Crippen LogP contribution < -0.4 is 0 Å². The summed E-state index contributed by atoms with van der Waals surface area (Å²) < 4.78 is 0. The number of carbonyl (C=O) groups is 1. The van der Waals surface area contributed by atoms with Crippen molar-refractivity contribution in [3.63, 3.8) is 0 Å². The molecule has 1 fully saturated rings. The fourth-order valence-electron chi connectivity index (χ4n) is 6.87. The number of rotatable bonds is 4. The average molecular weight is 409 g/mol. The molecule has 0 aromatic carbocycles. The zero-order valence-corrected chi connectivity index (χ0v) is 19.8. The first-order chi connectivity index (χ1) is 14.0. The molecular formula is C28H40O2. The second kappa shape index (κ2) is 7.33. The first-order valence-corrected chi connectivity index (χ1v) is 12.1. The number of ketones is 1. The maximum atomic E-state index is 12.0. The van der Waals surface area contributed by atoms with Crippen molar-refractivity contribution in [1.29, 1.82) is 0 Å². The molecule has 0 radical (unpaired) electrons. The van der Waals surface area contributed by atoms with E-state index < -0.39 is 5.60 Å². The van der Waals surface area contributed by atoms with Gasteiger partial charge in [-0.05, 0) is 90.8 Å². The summed E-state index contributed by atoms with van der Waals surface area (Å²) in [5.74, 6) is 2.16. The first-order valence-electron chi connectivity index (χ1n) is 12.1. The Bertz CT molecular complexity index is 852. The smallest absolute Gasteiger partial charge is 0.156 e. The molecule has 2 heteroatoms. The highest BCUT2D eigenvalue weighted by Crippen LogP contribution is 2.63. The second-order valence-electron chi connectivity index (χ2n) is 11.5.